The molecule has 0 heterocycles. The smallest absolute Gasteiger partial charge is 0.335 e. The number of amides is 1. The van der Waals surface area contributed by atoms with E-state index in [4.69, 9.17) is 16.7 Å². The lowest BCUT2D eigenvalue weighted by molar-refractivity contribution is -0.132. The molecule has 4 nitrogen and oxygen atoms in total. The molecule has 0 bridgehead atoms. The molecular weight excluding hydrogens is 326 g/mol. The van der Waals surface area contributed by atoms with Crippen molar-refractivity contribution < 1.29 is 14.7 Å². The molecule has 0 aliphatic carbocycles. The number of carboxylic acids is 1. The quantitative estimate of drug-likeness (QED) is 0.860. The molecule has 0 aromatic heterocycles. The fraction of sp³-hybridized carbons (Fsp3) is 0.263. The number of carbonyl (C=O) groups excluding carboxylic acids is 1. The number of nitrogens with zero attached hydrogens (tertiary/aromatic N) is 1. The van der Waals surface area contributed by atoms with Gasteiger partial charge in [-0.1, -0.05) is 35.9 Å². The third-order valence-electron chi connectivity index (χ3n) is 3.71. The zero-order chi connectivity index (χ0) is 17.7. The van der Waals surface area contributed by atoms with Gasteiger partial charge in [-0.05, 0) is 49.2 Å². The van der Waals surface area contributed by atoms with E-state index in [1.54, 1.807) is 23.1 Å². The van der Waals surface area contributed by atoms with E-state index in [-0.39, 0.29) is 23.9 Å². The summed E-state index contributed by atoms with van der Waals surface area (Å²) in [5.41, 5.74) is 1.84. The maximum Gasteiger partial charge on any atom is 0.335 e. The summed E-state index contributed by atoms with van der Waals surface area (Å²) in [7, 11) is 0. The molecule has 0 spiro atoms. The first-order valence-electron chi connectivity index (χ1n) is 7.73. The Labute approximate surface area is 146 Å². The second-order valence-corrected chi connectivity index (χ2v) is 6.36. The monoisotopic (exact) mass is 345 g/mol. The highest BCUT2D eigenvalue weighted by Crippen LogP contribution is 2.16. The van der Waals surface area contributed by atoms with E-state index in [2.05, 4.69) is 0 Å². The van der Waals surface area contributed by atoms with Gasteiger partial charge >= 0.3 is 5.97 Å². The molecule has 5 heteroatoms. The Morgan fingerprint density at radius 3 is 2.38 bits per heavy atom. The fourth-order valence-electron chi connectivity index (χ4n) is 2.48. The zero-order valence-electron chi connectivity index (χ0n) is 13.7. The Kier molecular flexibility index (Phi) is 5.99. The second kappa shape index (κ2) is 7.97. The van der Waals surface area contributed by atoms with E-state index in [0.717, 1.165) is 5.56 Å². The first-order chi connectivity index (χ1) is 11.4. The van der Waals surface area contributed by atoms with Gasteiger partial charge in [-0.2, -0.15) is 0 Å². The summed E-state index contributed by atoms with van der Waals surface area (Å²) in [6, 6.07) is 13.9. The average molecular weight is 346 g/mol. The van der Waals surface area contributed by atoms with Gasteiger partial charge in [0.25, 0.3) is 0 Å². The van der Waals surface area contributed by atoms with Crippen LogP contribution in [0.5, 0.6) is 0 Å². The Morgan fingerprint density at radius 1 is 1.08 bits per heavy atom. The lowest BCUT2D eigenvalue weighted by Crippen LogP contribution is -2.37. The van der Waals surface area contributed by atoms with Gasteiger partial charge in [0.2, 0.25) is 5.91 Å². The summed E-state index contributed by atoms with van der Waals surface area (Å²) in [4.78, 5) is 25.5. The first kappa shape index (κ1) is 18.0. The number of rotatable bonds is 6. The summed E-state index contributed by atoms with van der Waals surface area (Å²) >= 11 is 6.01. The van der Waals surface area contributed by atoms with E-state index in [9.17, 15) is 9.59 Å². The van der Waals surface area contributed by atoms with E-state index in [1.807, 2.05) is 32.0 Å². The molecule has 2 aromatic rings. The fourth-order valence-corrected chi connectivity index (χ4v) is 2.69. The highest BCUT2D eigenvalue weighted by Gasteiger charge is 2.18. The Bertz CT molecular complexity index is 743. The lowest BCUT2D eigenvalue weighted by Gasteiger charge is -2.27. The van der Waals surface area contributed by atoms with Crippen molar-refractivity contribution >= 4 is 23.5 Å². The third kappa shape index (κ3) is 4.83. The summed E-state index contributed by atoms with van der Waals surface area (Å²) in [6.07, 6.45) is 0.167. The van der Waals surface area contributed by atoms with Crippen molar-refractivity contribution in [2.24, 2.45) is 0 Å². The van der Waals surface area contributed by atoms with E-state index in [1.165, 1.54) is 12.1 Å². The van der Waals surface area contributed by atoms with Crippen LogP contribution < -0.4 is 0 Å². The number of aromatic carboxylic acids is 1. The maximum atomic E-state index is 12.7. The van der Waals surface area contributed by atoms with Gasteiger partial charge in [0.1, 0.15) is 0 Å². The van der Waals surface area contributed by atoms with Crippen LogP contribution in [0.3, 0.4) is 0 Å². The Morgan fingerprint density at radius 2 is 1.75 bits per heavy atom. The van der Waals surface area contributed by atoms with Gasteiger partial charge in [-0.15, -0.1) is 0 Å². The van der Waals surface area contributed by atoms with E-state index in [0.29, 0.717) is 17.1 Å². The van der Waals surface area contributed by atoms with Crippen LogP contribution >= 0.6 is 11.6 Å². The van der Waals surface area contributed by atoms with Crippen molar-refractivity contribution in [3.63, 3.8) is 0 Å². The van der Waals surface area contributed by atoms with Gasteiger partial charge in [-0.3, -0.25) is 4.79 Å². The van der Waals surface area contributed by atoms with Gasteiger partial charge < -0.3 is 10.0 Å². The van der Waals surface area contributed by atoms with E-state index < -0.39 is 5.97 Å². The maximum absolute atomic E-state index is 12.7. The molecule has 2 rings (SSSR count). The summed E-state index contributed by atoms with van der Waals surface area (Å²) in [5, 5.41) is 9.69. The summed E-state index contributed by atoms with van der Waals surface area (Å²) < 4.78 is 0. The zero-order valence-corrected chi connectivity index (χ0v) is 14.5. The molecule has 126 valence electrons. The van der Waals surface area contributed by atoms with Crippen LogP contribution in [0.1, 0.15) is 35.3 Å². The summed E-state index contributed by atoms with van der Waals surface area (Å²) in [5.74, 6) is -1.04. The number of carbonyl (C=O) groups is 2. The van der Waals surface area contributed by atoms with E-state index >= 15 is 0 Å². The number of hydrogen-bond donors (Lipinski definition) is 1. The van der Waals surface area contributed by atoms with Crippen molar-refractivity contribution in [2.75, 3.05) is 0 Å². The minimum Gasteiger partial charge on any atom is -0.478 e. The summed E-state index contributed by atoms with van der Waals surface area (Å²) in [6.45, 7) is 4.38. The van der Waals surface area contributed by atoms with Crippen LogP contribution in [0.25, 0.3) is 0 Å². The molecule has 0 aliphatic rings. The van der Waals surface area contributed by atoms with Crippen molar-refractivity contribution in [3.8, 4) is 0 Å². The SMILES string of the molecule is CC(C)N(Cc1cccc(Cl)c1)C(=O)Cc1cccc(C(=O)O)c1. The Balaban J connectivity index is 2.14. The highest BCUT2D eigenvalue weighted by molar-refractivity contribution is 6.30. The van der Waals surface area contributed by atoms with Crippen LogP contribution in [0.4, 0.5) is 0 Å². The normalized spacial score (nSPS) is 10.7. The third-order valence-corrected chi connectivity index (χ3v) is 3.95. The second-order valence-electron chi connectivity index (χ2n) is 5.93. The molecule has 1 N–H and O–H groups in total. The van der Waals surface area contributed by atoms with Gasteiger partial charge in [0.05, 0.1) is 12.0 Å². The minimum atomic E-state index is -0.996. The van der Waals surface area contributed by atoms with Crippen molar-refractivity contribution in [3.05, 3.63) is 70.2 Å². The molecule has 0 saturated carbocycles. The predicted molar refractivity (Wildman–Crippen MR) is 94.2 cm³/mol. The molecule has 0 atom stereocenters. The van der Waals surface area contributed by atoms with Crippen molar-refractivity contribution in [2.45, 2.75) is 32.9 Å². The Hall–Kier alpha value is -2.33. The number of carboxylic acid groups (broad SMARTS) is 1. The lowest BCUT2D eigenvalue weighted by atomic mass is 10.1. The van der Waals surface area contributed by atoms with Crippen molar-refractivity contribution in [1.29, 1.82) is 0 Å². The largest absolute Gasteiger partial charge is 0.478 e. The van der Waals surface area contributed by atoms with Crippen LogP contribution in [-0.2, 0) is 17.8 Å². The van der Waals surface area contributed by atoms with Crippen LogP contribution in [0.15, 0.2) is 48.5 Å². The highest BCUT2D eigenvalue weighted by atomic mass is 35.5. The standard InChI is InChI=1S/C19H20ClNO3/c1-13(2)21(12-15-6-4-8-17(20)10-15)18(22)11-14-5-3-7-16(9-14)19(23)24/h3-10,13H,11-12H2,1-2H3,(H,23,24). The number of benzene rings is 2. The topological polar surface area (TPSA) is 57.6 Å². The van der Waals surface area contributed by atoms with Gasteiger partial charge in [0, 0.05) is 17.6 Å². The molecule has 0 aliphatic heterocycles. The van der Waals surface area contributed by atoms with Crippen LogP contribution in [0.2, 0.25) is 5.02 Å². The molecule has 0 radical (unpaired) electrons. The minimum absolute atomic E-state index is 0.0270. The average Bonchev–Trinajstić information content (AvgIpc) is 2.52. The number of hydrogen-bond acceptors (Lipinski definition) is 2. The number of halogens is 1. The molecule has 0 unspecified atom stereocenters. The van der Waals surface area contributed by atoms with Gasteiger partial charge in [0.15, 0.2) is 0 Å². The predicted octanol–water partition coefficient (Wildman–Crippen LogP) is 4.02. The molecule has 0 saturated heterocycles. The molecule has 1 amide bonds. The van der Waals surface area contributed by atoms with Crippen molar-refractivity contribution in [1.82, 2.24) is 4.90 Å². The molecular formula is C19H20ClNO3. The molecule has 0 fully saturated rings. The van der Waals surface area contributed by atoms with Crippen LogP contribution in [-0.4, -0.2) is 27.9 Å². The first-order valence-corrected chi connectivity index (χ1v) is 8.10. The molecule has 24 heavy (non-hydrogen) atoms. The molecule has 2 aromatic carbocycles. The van der Waals surface area contributed by atoms with Crippen LogP contribution in [0, 0.1) is 0 Å². The van der Waals surface area contributed by atoms with Gasteiger partial charge in [-0.25, -0.2) is 4.79 Å².